The molecule has 1 N–H and O–H groups in total. The van der Waals surface area contributed by atoms with Crippen molar-refractivity contribution in [3.8, 4) is 0 Å². The van der Waals surface area contributed by atoms with Crippen molar-refractivity contribution in [1.29, 1.82) is 0 Å². The van der Waals surface area contributed by atoms with Crippen LogP contribution in [0, 0.1) is 5.92 Å². The first-order valence-corrected chi connectivity index (χ1v) is 7.48. The van der Waals surface area contributed by atoms with Crippen molar-refractivity contribution < 1.29 is 4.74 Å². The smallest absolute Gasteiger partial charge is 0.122 e. The quantitative estimate of drug-likeness (QED) is 0.771. The maximum absolute atomic E-state index is 5.88. The molecule has 0 aromatic heterocycles. The molecule has 0 aromatic carbocycles. The highest BCUT2D eigenvalue weighted by Gasteiger charge is 2.35. The fraction of sp³-hybridized carbons (Fsp3) is 0.571. The van der Waals surface area contributed by atoms with Crippen LogP contribution in [0.3, 0.4) is 0 Å². The van der Waals surface area contributed by atoms with Crippen LogP contribution in [0.1, 0.15) is 13.3 Å². The Labute approximate surface area is 107 Å². The molecular formula is C14H19NOS. The average Bonchev–Trinajstić information content (AvgIpc) is 2.75. The summed E-state index contributed by atoms with van der Waals surface area (Å²) in [6.07, 6.45) is 12.4. The number of rotatable bonds is 1. The van der Waals surface area contributed by atoms with E-state index in [2.05, 4.69) is 42.8 Å². The second-order valence-electron chi connectivity index (χ2n) is 5.14. The Balaban J connectivity index is 1.96. The molecular weight excluding hydrogens is 230 g/mol. The minimum absolute atomic E-state index is 0.0994. The molecule has 2 heterocycles. The molecule has 3 unspecified atom stereocenters. The largest absolute Gasteiger partial charge is 0.492 e. The first-order chi connectivity index (χ1) is 8.22. The number of hydrogen-bond acceptors (Lipinski definition) is 3. The van der Waals surface area contributed by atoms with Gasteiger partial charge in [0.05, 0.1) is 0 Å². The number of hydrogen-bond donors (Lipinski definition) is 1. The van der Waals surface area contributed by atoms with Gasteiger partial charge in [-0.05, 0) is 37.8 Å². The molecule has 1 aliphatic carbocycles. The fourth-order valence-electron chi connectivity index (χ4n) is 2.80. The average molecular weight is 249 g/mol. The topological polar surface area (TPSA) is 21.3 Å². The minimum atomic E-state index is 0.0994. The van der Waals surface area contributed by atoms with E-state index in [1.54, 1.807) is 0 Å². The molecule has 0 aromatic rings. The molecule has 3 rings (SSSR count). The lowest BCUT2D eigenvalue weighted by molar-refractivity contribution is 0.158. The molecule has 2 nitrogen and oxygen atoms in total. The van der Waals surface area contributed by atoms with Crippen LogP contribution in [0.25, 0.3) is 0 Å². The van der Waals surface area contributed by atoms with E-state index in [1.807, 2.05) is 11.8 Å². The van der Waals surface area contributed by atoms with E-state index in [0.29, 0.717) is 12.0 Å². The van der Waals surface area contributed by atoms with E-state index >= 15 is 0 Å². The summed E-state index contributed by atoms with van der Waals surface area (Å²) in [5, 5.41) is 3.52. The van der Waals surface area contributed by atoms with Gasteiger partial charge in [0.15, 0.2) is 0 Å². The standard InChI is InChI=1S/C14H19NOS/c1-14(17-2)6-3-11-10-5-8-15-12(10)9-16-13(11)4-7-14/h3-4,6-7,10,12,15H,5,8-9H2,1-2H3. The predicted molar refractivity (Wildman–Crippen MR) is 73.1 cm³/mol. The number of nitrogens with one attached hydrogen (secondary N) is 1. The summed E-state index contributed by atoms with van der Waals surface area (Å²) in [6, 6.07) is 0.519. The van der Waals surface area contributed by atoms with Crippen molar-refractivity contribution in [2.24, 2.45) is 5.92 Å². The van der Waals surface area contributed by atoms with Crippen molar-refractivity contribution in [3.63, 3.8) is 0 Å². The summed E-state index contributed by atoms with van der Waals surface area (Å²) in [5.41, 5.74) is 1.39. The van der Waals surface area contributed by atoms with E-state index < -0.39 is 0 Å². The minimum Gasteiger partial charge on any atom is -0.492 e. The summed E-state index contributed by atoms with van der Waals surface area (Å²) in [4.78, 5) is 0. The SMILES string of the molecule is CSC1(C)C=CC2=C(C=C1)C1CCNC1CO2. The van der Waals surface area contributed by atoms with Crippen molar-refractivity contribution in [1.82, 2.24) is 5.32 Å². The van der Waals surface area contributed by atoms with Gasteiger partial charge in [-0.1, -0.05) is 18.2 Å². The second kappa shape index (κ2) is 4.21. The predicted octanol–water partition coefficient (Wildman–Crippen LogP) is 2.50. The number of ether oxygens (including phenoxy) is 1. The molecule has 3 atom stereocenters. The molecule has 0 amide bonds. The van der Waals surface area contributed by atoms with Gasteiger partial charge in [-0.15, -0.1) is 0 Å². The first-order valence-electron chi connectivity index (χ1n) is 6.26. The van der Waals surface area contributed by atoms with Gasteiger partial charge in [0.1, 0.15) is 12.4 Å². The van der Waals surface area contributed by atoms with Crippen LogP contribution in [0.5, 0.6) is 0 Å². The highest BCUT2D eigenvalue weighted by Crippen LogP contribution is 2.37. The van der Waals surface area contributed by atoms with E-state index in [0.717, 1.165) is 18.9 Å². The molecule has 1 saturated heterocycles. The molecule has 17 heavy (non-hydrogen) atoms. The van der Waals surface area contributed by atoms with Crippen molar-refractivity contribution >= 4 is 11.8 Å². The Morgan fingerprint density at radius 2 is 2.24 bits per heavy atom. The molecule has 0 spiro atoms. The Bertz CT molecular complexity index is 412. The maximum atomic E-state index is 5.88. The summed E-state index contributed by atoms with van der Waals surface area (Å²) < 4.78 is 5.98. The molecule has 0 bridgehead atoms. The lowest BCUT2D eigenvalue weighted by Gasteiger charge is -2.28. The van der Waals surface area contributed by atoms with Crippen LogP contribution in [0.15, 0.2) is 35.6 Å². The van der Waals surface area contributed by atoms with Crippen LogP contribution in [0.2, 0.25) is 0 Å². The number of fused-ring (bicyclic) bond motifs is 2. The molecule has 2 aliphatic heterocycles. The molecule has 1 fully saturated rings. The highest BCUT2D eigenvalue weighted by atomic mass is 32.2. The zero-order valence-corrected chi connectivity index (χ0v) is 11.2. The Hall–Kier alpha value is -0.670. The fourth-order valence-corrected chi connectivity index (χ4v) is 3.21. The molecule has 0 radical (unpaired) electrons. The number of thioether (sulfide) groups is 1. The molecule has 0 saturated carbocycles. The first kappa shape index (κ1) is 11.4. The Morgan fingerprint density at radius 1 is 1.41 bits per heavy atom. The lowest BCUT2D eigenvalue weighted by atomic mass is 9.89. The number of allylic oxidation sites excluding steroid dienone is 2. The third-order valence-corrected chi connectivity index (χ3v) is 5.20. The van der Waals surface area contributed by atoms with Crippen LogP contribution in [0.4, 0.5) is 0 Å². The molecule has 3 heteroatoms. The van der Waals surface area contributed by atoms with Gasteiger partial charge < -0.3 is 10.1 Å². The van der Waals surface area contributed by atoms with Crippen LogP contribution in [-0.4, -0.2) is 30.2 Å². The summed E-state index contributed by atoms with van der Waals surface area (Å²) in [5.74, 6) is 1.73. The summed E-state index contributed by atoms with van der Waals surface area (Å²) in [6.45, 7) is 4.18. The summed E-state index contributed by atoms with van der Waals surface area (Å²) >= 11 is 1.86. The van der Waals surface area contributed by atoms with E-state index in [1.165, 1.54) is 12.0 Å². The second-order valence-corrected chi connectivity index (χ2v) is 6.43. The Morgan fingerprint density at radius 3 is 3.06 bits per heavy atom. The van der Waals surface area contributed by atoms with E-state index in [-0.39, 0.29) is 4.75 Å². The van der Waals surface area contributed by atoms with Crippen LogP contribution in [-0.2, 0) is 4.74 Å². The van der Waals surface area contributed by atoms with Crippen LogP contribution >= 0.6 is 11.8 Å². The highest BCUT2D eigenvalue weighted by molar-refractivity contribution is 8.00. The van der Waals surface area contributed by atoms with Gasteiger partial charge >= 0.3 is 0 Å². The zero-order chi connectivity index (χ0) is 11.9. The van der Waals surface area contributed by atoms with E-state index in [4.69, 9.17) is 4.74 Å². The van der Waals surface area contributed by atoms with Gasteiger partial charge in [0, 0.05) is 16.7 Å². The Kier molecular flexibility index (Phi) is 2.83. The van der Waals surface area contributed by atoms with Crippen LogP contribution < -0.4 is 5.32 Å². The maximum Gasteiger partial charge on any atom is 0.122 e. The van der Waals surface area contributed by atoms with E-state index in [9.17, 15) is 0 Å². The van der Waals surface area contributed by atoms with Crippen molar-refractivity contribution in [2.75, 3.05) is 19.4 Å². The third kappa shape index (κ3) is 1.95. The normalized spacial score (nSPS) is 39.6. The van der Waals surface area contributed by atoms with Crippen molar-refractivity contribution in [3.05, 3.63) is 35.6 Å². The van der Waals surface area contributed by atoms with Gasteiger partial charge in [0.2, 0.25) is 0 Å². The summed E-state index contributed by atoms with van der Waals surface area (Å²) in [7, 11) is 0. The monoisotopic (exact) mass is 249 g/mol. The van der Waals surface area contributed by atoms with Gasteiger partial charge in [-0.2, -0.15) is 11.8 Å². The van der Waals surface area contributed by atoms with Gasteiger partial charge in [-0.25, -0.2) is 0 Å². The van der Waals surface area contributed by atoms with Gasteiger partial charge in [0.25, 0.3) is 0 Å². The van der Waals surface area contributed by atoms with Gasteiger partial charge in [-0.3, -0.25) is 0 Å². The zero-order valence-electron chi connectivity index (χ0n) is 10.4. The molecule has 3 aliphatic rings. The lowest BCUT2D eigenvalue weighted by Crippen LogP contribution is -2.35. The third-order valence-electron chi connectivity index (χ3n) is 4.05. The van der Waals surface area contributed by atoms with Crippen molar-refractivity contribution in [2.45, 2.75) is 24.1 Å². The molecule has 92 valence electrons.